The van der Waals surface area contributed by atoms with E-state index in [1.54, 1.807) is 6.92 Å². The minimum atomic E-state index is -0.610. The lowest BCUT2D eigenvalue weighted by Gasteiger charge is -2.14. The second kappa shape index (κ2) is 5.89. The van der Waals surface area contributed by atoms with Gasteiger partial charge >= 0.3 is 6.09 Å². The molecule has 0 spiro atoms. The molecule has 0 aliphatic heterocycles. The first-order chi connectivity index (χ1) is 9.61. The molecular formula is C14H13N3O3. The number of oxazole rings is 1. The molecule has 0 radical (unpaired) electrons. The predicted molar refractivity (Wildman–Crippen MR) is 71.0 cm³/mol. The van der Waals surface area contributed by atoms with E-state index in [1.807, 2.05) is 36.4 Å². The van der Waals surface area contributed by atoms with Crippen LogP contribution in [0, 0.1) is 18.3 Å². The lowest BCUT2D eigenvalue weighted by atomic mass is 10.2. The van der Waals surface area contributed by atoms with E-state index in [4.69, 9.17) is 14.4 Å². The van der Waals surface area contributed by atoms with E-state index in [1.165, 1.54) is 7.05 Å². The third-order valence-corrected chi connectivity index (χ3v) is 2.61. The van der Waals surface area contributed by atoms with Crippen molar-refractivity contribution in [3.63, 3.8) is 0 Å². The topological polar surface area (TPSA) is 79.4 Å². The second-order valence-corrected chi connectivity index (χ2v) is 4.10. The molecule has 0 fully saturated rings. The summed E-state index contributed by atoms with van der Waals surface area (Å²) >= 11 is 0. The molecule has 2 rings (SSSR count). The standard InChI is InChI=1S/C14H13N3O3/c1-10-16-12(8-15)13(20-10)17(2)14(18)19-9-11-6-4-3-5-7-11/h3-7H,9H2,1-2H3. The molecule has 0 unspecified atom stereocenters. The number of aryl methyl sites for hydroxylation is 1. The summed E-state index contributed by atoms with van der Waals surface area (Å²) in [7, 11) is 1.47. The van der Waals surface area contributed by atoms with Crippen molar-refractivity contribution >= 4 is 12.0 Å². The van der Waals surface area contributed by atoms with Gasteiger partial charge in [0.2, 0.25) is 11.6 Å². The first-order valence-corrected chi connectivity index (χ1v) is 5.93. The van der Waals surface area contributed by atoms with Crippen LogP contribution in [-0.2, 0) is 11.3 Å². The molecule has 0 atom stereocenters. The van der Waals surface area contributed by atoms with Crippen LogP contribution in [0.2, 0.25) is 0 Å². The van der Waals surface area contributed by atoms with Gasteiger partial charge < -0.3 is 9.15 Å². The Labute approximate surface area is 116 Å². The molecule has 0 aliphatic rings. The Kier molecular flexibility index (Phi) is 4.01. The molecular weight excluding hydrogens is 258 g/mol. The van der Waals surface area contributed by atoms with Crippen LogP contribution in [0.4, 0.5) is 10.7 Å². The molecule has 0 aliphatic carbocycles. The number of amides is 1. The maximum atomic E-state index is 11.9. The number of ether oxygens (including phenoxy) is 1. The molecule has 20 heavy (non-hydrogen) atoms. The van der Waals surface area contributed by atoms with Gasteiger partial charge in [0.05, 0.1) is 0 Å². The third-order valence-electron chi connectivity index (χ3n) is 2.61. The van der Waals surface area contributed by atoms with Gasteiger partial charge in [0.15, 0.2) is 5.89 Å². The van der Waals surface area contributed by atoms with E-state index in [9.17, 15) is 4.79 Å². The number of anilines is 1. The Balaban J connectivity index is 2.04. The maximum Gasteiger partial charge on any atom is 0.416 e. The van der Waals surface area contributed by atoms with Crippen molar-refractivity contribution in [1.29, 1.82) is 5.26 Å². The van der Waals surface area contributed by atoms with Crippen LogP contribution >= 0.6 is 0 Å². The Morgan fingerprint density at radius 3 is 2.80 bits per heavy atom. The van der Waals surface area contributed by atoms with E-state index in [2.05, 4.69) is 4.98 Å². The quantitative estimate of drug-likeness (QED) is 0.857. The van der Waals surface area contributed by atoms with E-state index >= 15 is 0 Å². The molecule has 102 valence electrons. The normalized spacial score (nSPS) is 9.85. The fourth-order valence-electron chi connectivity index (χ4n) is 1.62. The Hall–Kier alpha value is -2.81. The molecule has 6 nitrogen and oxygen atoms in total. The van der Waals surface area contributed by atoms with Crippen molar-refractivity contribution in [2.45, 2.75) is 13.5 Å². The van der Waals surface area contributed by atoms with E-state index in [0.717, 1.165) is 10.5 Å². The van der Waals surface area contributed by atoms with E-state index < -0.39 is 6.09 Å². The number of carbonyl (C=O) groups is 1. The van der Waals surface area contributed by atoms with Gasteiger partial charge in [0, 0.05) is 14.0 Å². The number of nitriles is 1. The monoisotopic (exact) mass is 271 g/mol. The van der Waals surface area contributed by atoms with Crippen LogP contribution in [0.3, 0.4) is 0 Å². The lowest BCUT2D eigenvalue weighted by Crippen LogP contribution is -2.27. The van der Waals surface area contributed by atoms with Crippen LogP contribution in [0.5, 0.6) is 0 Å². The van der Waals surface area contributed by atoms with Crippen molar-refractivity contribution in [3.05, 3.63) is 47.5 Å². The van der Waals surface area contributed by atoms with Crippen molar-refractivity contribution < 1.29 is 13.9 Å². The third kappa shape index (κ3) is 2.95. The Morgan fingerprint density at radius 2 is 2.15 bits per heavy atom. The molecule has 1 aromatic heterocycles. The van der Waals surface area contributed by atoms with Gasteiger partial charge in [-0.3, -0.25) is 0 Å². The van der Waals surface area contributed by atoms with E-state index in [0.29, 0.717) is 5.89 Å². The zero-order chi connectivity index (χ0) is 14.5. The zero-order valence-corrected chi connectivity index (χ0v) is 11.2. The summed E-state index contributed by atoms with van der Waals surface area (Å²) in [6.07, 6.45) is -0.610. The van der Waals surface area contributed by atoms with Crippen molar-refractivity contribution in [2.75, 3.05) is 11.9 Å². The molecule has 6 heteroatoms. The fraction of sp³-hybridized carbons (Fsp3) is 0.214. The number of carbonyl (C=O) groups excluding carboxylic acids is 1. The SMILES string of the molecule is Cc1nc(C#N)c(N(C)C(=O)OCc2ccccc2)o1. The van der Waals surface area contributed by atoms with Gasteiger partial charge in [-0.1, -0.05) is 30.3 Å². The molecule has 1 aromatic carbocycles. The average molecular weight is 271 g/mol. The number of nitrogens with zero attached hydrogens (tertiary/aromatic N) is 3. The van der Waals surface area contributed by atoms with Crippen molar-refractivity contribution in [2.24, 2.45) is 0 Å². The highest BCUT2D eigenvalue weighted by Crippen LogP contribution is 2.20. The summed E-state index contributed by atoms with van der Waals surface area (Å²) in [5.41, 5.74) is 0.935. The Morgan fingerprint density at radius 1 is 1.45 bits per heavy atom. The predicted octanol–water partition coefficient (Wildman–Crippen LogP) is 2.63. The minimum Gasteiger partial charge on any atom is -0.444 e. The molecule has 0 saturated carbocycles. The zero-order valence-electron chi connectivity index (χ0n) is 11.2. The van der Waals surface area contributed by atoms with Gasteiger partial charge in [-0.15, -0.1) is 0 Å². The molecule has 1 amide bonds. The van der Waals surface area contributed by atoms with E-state index in [-0.39, 0.29) is 18.2 Å². The number of rotatable bonds is 3. The van der Waals surface area contributed by atoms with Crippen molar-refractivity contribution in [1.82, 2.24) is 4.98 Å². The van der Waals surface area contributed by atoms with Crippen LogP contribution in [-0.4, -0.2) is 18.1 Å². The molecule has 0 N–H and O–H groups in total. The Bertz CT molecular complexity index is 643. The van der Waals surface area contributed by atoms with Crippen LogP contribution in [0.1, 0.15) is 17.1 Å². The van der Waals surface area contributed by atoms with Gasteiger partial charge in [0.25, 0.3) is 0 Å². The highest BCUT2D eigenvalue weighted by Gasteiger charge is 2.21. The van der Waals surface area contributed by atoms with Gasteiger partial charge in [-0.2, -0.15) is 5.26 Å². The van der Waals surface area contributed by atoms with Gasteiger partial charge in [-0.25, -0.2) is 14.7 Å². The molecule has 0 saturated heterocycles. The summed E-state index contributed by atoms with van der Waals surface area (Å²) < 4.78 is 10.4. The first-order valence-electron chi connectivity index (χ1n) is 5.93. The number of hydrogen-bond acceptors (Lipinski definition) is 5. The highest BCUT2D eigenvalue weighted by atomic mass is 16.6. The molecule has 1 heterocycles. The summed E-state index contributed by atoms with van der Waals surface area (Å²) in [6.45, 7) is 1.76. The first kappa shape index (κ1) is 13.6. The lowest BCUT2D eigenvalue weighted by molar-refractivity contribution is 0.147. The summed E-state index contributed by atoms with van der Waals surface area (Å²) in [6, 6.07) is 11.2. The number of benzene rings is 1. The highest BCUT2D eigenvalue weighted by molar-refractivity contribution is 5.86. The molecule has 2 aromatic rings. The van der Waals surface area contributed by atoms with Gasteiger partial charge in [-0.05, 0) is 5.56 Å². The van der Waals surface area contributed by atoms with Crippen LogP contribution in [0.25, 0.3) is 0 Å². The fourth-order valence-corrected chi connectivity index (χ4v) is 1.62. The van der Waals surface area contributed by atoms with Crippen LogP contribution < -0.4 is 4.90 Å². The summed E-state index contributed by atoms with van der Waals surface area (Å²) in [5.74, 6) is 0.405. The molecule has 0 bridgehead atoms. The number of aromatic nitrogens is 1. The average Bonchev–Trinajstić information content (AvgIpc) is 2.86. The second-order valence-electron chi connectivity index (χ2n) is 4.10. The minimum absolute atomic E-state index is 0.0571. The van der Waals surface area contributed by atoms with Gasteiger partial charge in [0.1, 0.15) is 12.7 Å². The van der Waals surface area contributed by atoms with Crippen molar-refractivity contribution in [3.8, 4) is 6.07 Å². The smallest absolute Gasteiger partial charge is 0.416 e. The summed E-state index contributed by atoms with van der Waals surface area (Å²) in [5, 5.41) is 8.92. The summed E-state index contributed by atoms with van der Waals surface area (Å²) in [4.78, 5) is 16.9. The largest absolute Gasteiger partial charge is 0.444 e. The maximum absolute atomic E-state index is 11.9. The van der Waals surface area contributed by atoms with Crippen LogP contribution in [0.15, 0.2) is 34.7 Å². The number of hydrogen-bond donors (Lipinski definition) is 0.